The van der Waals surface area contributed by atoms with E-state index in [1.54, 1.807) is 25.1 Å². The Balaban J connectivity index is 2.77. The molecule has 0 aliphatic carbocycles. The van der Waals surface area contributed by atoms with Crippen LogP contribution in [-0.2, 0) is 4.74 Å². The van der Waals surface area contributed by atoms with Crippen molar-refractivity contribution in [2.24, 2.45) is 0 Å². The van der Waals surface area contributed by atoms with E-state index in [0.29, 0.717) is 17.2 Å². The summed E-state index contributed by atoms with van der Waals surface area (Å²) in [5.41, 5.74) is 6.41. The fourth-order valence-electron chi connectivity index (χ4n) is 1.33. The van der Waals surface area contributed by atoms with Gasteiger partial charge in [0.1, 0.15) is 0 Å². The Labute approximate surface area is 100 Å². The van der Waals surface area contributed by atoms with Crippen molar-refractivity contribution in [1.29, 1.82) is 0 Å². The van der Waals surface area contributed by atoms with Crippen LogP contribution in [0.25, 0.3) is 0 Å². The Morgan fingerprint density at radius 3 is 2.75 bits per heavy atom. The number of carbonyl (C=O) groups excluding carboxylic acids is 1. The normalized spacial score (nSPS) is 12.5. The predicted molar refractivity (Wildman–Crippen MR) is 66.9 cm³/mol. The molecule has 0 aliphatic heterocycles. The highest BCUT2D eigenvalue weighted by molar-refractivity contribution is 7.14. The molecule has 0 spiro atoms. The first-order valence-electron chi connectivity index (χ1n) is 5.09. The van der Waals surface area contributed by atoms with Gasteiger partial charge in [-0.15, -0.1) is 11.3 Å². The summed E-state index contributed by atoms with van der Waals surface area (Å²) in [6.45, 7) is 4.39. The molecule has 1 atom stereocenters. The van der Waals surface area contributed by atoms with Gasteiger partial charge in [0.25, 0.3) is 5.91 Å². The van der Waals surface area contributed by atoms with Crippen LogP contribution >= 0.6 is 11.3 Å². The second-order valence-corrected chi connectivity index (χ2v) is 5.10. The molecule has 0 aromatic carbocycles. The smallest absolute Gasteiger partial charge is 0.264 e. The Hall–Kier alpha value is -1.07. The Kier molecular flexibility index (Phi) is 4.32. The number of aryl methyl sites for hydroxylation is 1. The van der Waals surface area contributed by atoms with Gasteiger partial charge in [0.15, 0.2) is 0 Å². The van der Waals surface area contributed by atoms with Crippen molar-refractivity contribution >= 4 is 22.9 Å². The molecule has 1 heterocycles. The number of thiophene rings is 1. The predicted octanol–water partition coefficient (Wildman–Crippen LogP) is 1.75. The summed E-state index contributed by atoms with van der Waals surface area (Å²) >= 11 is 1.43. The van der Waals surface area contributed by atoms with Gasteiger partial charge < -0.3 is 15.4 Å². The Morgan fingerprint density at radius 1 is 1.69 bits per heavy atom. The average molecular weight is 242 g/mol. The van der Waals surface area contributed by atoms with E-state index in [-0.39, 0.29) is 11.9 Å². The third kappa shape index (κ3) is 2.74. The molecule has 90 valence electrons. The van der Waals surface area contributed by atoms with E-state index in [4.69, 9.17) is 10.5 Å². The molecule has 0 saturated carbocycles. The van der Waals surface area contributed by atoms with Crippen LogP contribution in [-0.4, -0.2) is 37.6 Å². The molecular weight excluding hydrogens is 224 g/mol. The number of ether oxygens (including phenoxy) is 1. The fraction of sp³-hybridized carbons (Fsp3) is 0.545. The summed E-state index contributed by atoms with van der Waals surface area (Å²) in [6.07, 6.45) is 0. The minimum atomic E-state index is -0.00523. The van der Waals surface area contributed by atoms with Gasteiger partial charge in [-0.05, 0) is 19.9 Å². The molecule has 0 fully saturated rings. The lowest BCUT2D eigenvalue weighted by molar-refractivity contribution is 0.0638. The molecule has 0 bridgehead atoms. The van der Waals surface area contributed by atoms with Crippen molar-refractivity contribution in [3.63, 3.8) is 0 Å². The van der Waals surface area contributed by atoms with Crippen molar-refractivity contribution in [1.82, 2.24) is 4.90 Å². The van der Waals surface area contributed by atoms with Gasteiger partial charge in [0.2, 0.25) is 0 Å². The lowest BCUT2D eigenvalue weighted by atomic mass is 10.3. The zero-order valence-corrected chi connectivity index (χ0v) is 10.9. The maximum atomic E-state index is 12.1. The molecular formula is C11H18N2O2S. The molecule has 5 heteroatoms. The number of methoxy groups -OCH3 is 1. The van der Waals surface area contributed by atoms with E-state index in [2.05, 4.69) is 0 Å². The number of rotatable bonds is 4. The largest absolute Gasteiger partial charge is 0.398 e. The molecule has 0 radical (unpaired) electrons. The highest BCUT2D eigenvalue weighted by Gasteiger charge is 2.19. The quantitative estimate of drug-likeness (QED) is 0.875. The van der Waals surface area contributed by atoms with E-state index in [1.165, 1.54) is 11.3 Å². The molecule has 1 rings (SSSR count). The molecule has 1 aromatic heterocycles. The van der Waals surface area contributed by atoms with Crippen molar-refractivity contribution in [3.8, 4) is 0 Å². The van der Waals surface area contributed by atoms with Gasteiger partial charge >= 0.3 is 0 Å². The second-order valence-electron chi connectivity index (χ2n) is 3.84. The molecule has 2 N–H and O–H groups in total. The van der Waals surface area contributed by atoms with Crippen LogP contribution in [0, 0.1) is 6.92 Å². The van der Waals surface area contributed by atoms with Gasteiger partial charge in [0.05, 0.1) is 17.5 Å². The monoisotopic (exact) mass is 242 g/mol. The van der Waals surface area contributed by atoms with Crippen LogP contribution in [0.2, 0.25) is 0 Å². The first-order chi connectivity index (χ1) is 7.47. The zero-order chi connectivity index (χ0) is 12.3. The van der Waals surface area contributed by atoms with Gasteiger partial charge in [-0.3, -0.25) is 4.79 Å². The number of hydrogen-bond acceptors (Lipinski definition) is 4. The van der Waals surface area contributed by atoms with E-state index >= 15 is 0 Å². The van der Waals surface area contributed by atoms with Gasteiger partial charge in [-0.1, -0.05) is 0 Å². The highest BCUT2D eigenvalue weighted by Crippen LogP contribution is 2.24. The summed E-state index contributed by atoms with van der Waals surface area (Å²) in [5, 5.41) is 0. The Morgan fingerprint density at radius 2 is 2.31 bits per heavy atom. The van der Waals surface area contributed by atoms with Crippen LogP contribution in [0.4, 0.5) is 5.69 Å². The Bertz CT molecular complexity index is 357. The SMILES string of the molecule is COCC(C)N(C)C(=O)c1cc(N)c(C)s1. The van der Waals surface area contributed by atoms with Crippen LogP contribution in [0.5, 0.6) is 0 Å². The molecule has 0 saturated heterocycles. The number of nitrogens with two attached hydrogens (primary N) is 1. The van der Waals surface area contributed by atoms with E-state index < -0.39 is 0 Å². The molecule has 1 unspecified atom stereocenters. The van der Waals surface area contributed by atoms with Gasteiger partial charge in [0, 0.05) is 24.7 Å². The minimum Gasteiger partial charge on any atom is -0.398 e. The third-order valence-electron chi connectivity index (χ3n) is 2.56. The first-order valence-corrected chi connectivity index (χ1v) is 5.91. The zero-order valence-electron chi connectivity index (χ0n) is 10.1. The number of amides is 1. The first kappa shape index (κ1) is 13.0. The van der Waals surface area contributed by atoms with E-state index in [9.17, 15) is 4.79 Å². The van der Waals surface area contributed by atoms with E-state index in [0.717, 1.165) is 4.88 Å². The third-order valence-corrected chi connectivity index (χ3v) is 3.61. The van der Waals surface area contributed by atoms with Crippen molar-refractivity contribution in [2.45, 2.75) is 19.9 Å². The molecule has 16 heavy (non-hydrogen) atoms. The summed E-state index contributed by atoms with van der Waals surface area (Å²) in [6, 6.07) is 1.79. The molecule has 4 nitrogen and oxygen atoms in total. The summed E-state index contributed by atoms with van der Waals surface area (Å²) in [7, 11) is 3.40. The average Bonchev–Trinajstić information content (AvgIpc) is 2.57. The molecule has 1 amide bonds. The topological polar surface area (TPSA) is 55.6 Å². The van der Waals surface area contributed by atoms with Crippen molar-refractivity contribution in [2.75, 3.05) is 26.5 Å². The molecule has 1 aromatic rings. The maximum absolute atomic E-state index is 12.1. The number of hydrogen-bond donors (Lipinski definition) is 1. The summed E-state index contributed by atoms with van der Waals surface area (Å²) in [4.78, 5) is 15.4. The number of nitrogen functional groups attached to an aromatic ring is 1. The van der Waals surface area contributed by atoms with Crippen LogP contribution in [0.1, 0.15) is 21.5 Å². The van der Waals surface area contributed by atoms with E-state index in [1.807, 2.05) is 13.8 Å². The lowest BCUT2D eigenvalue weighted by Crippen LogP contribution is -2.37. The standard InChI is InChI=1S/C11H18N2O2S/c1-7(6-15-4)13(3)11(14)10-5-9(12)8(2)16-10/h5,7H,6,12H2,1-4H3. The van der Waals surface area contributed by atoms with Crippen molar-refractivity contribution < 1.29 is 9.53 Å². The maximum Gasteiger partial charge on any atom is 0.264 e. The lowest BCUT2D eigenvalue weighted by Gasteiger charge is -2.23. The summed E-state index contributed by atoms with van der Waals surface area (Å²) in [5.74, 6) is -0.00523. The van der Waals surface area contributed by atoms with Crippen LogP contribution in [0.15, 0.2) is 6.07 Å². The molecule has 0 aliphatic rings. The highest BCUT2D eigenvalue weighted by atomic mass is 32.1. The number of nitrogens with zero attached hydrogens (tertiary/aromatic N) is 1. The number of carbonyl (C=O) groups is 1. The van der Waals surface area contributed by atoms with Crippen molar-refractivity contribution in [3.05, 3.63) is 15.8 Å². The second kappa shape index (κ2) is 5.32. The number of likely N-dealkylation sites (N-methyl/N-ethyl adjacent to an activating group) is 1. The van der Waals surface area contributed by atoms with Crippen LogP contribution in [0.3, 0.4) is 0 Å². The summed E-state index contributed by atoms with van der Waals surface area (Å²) < 4.78 is 5.02. The minimum absolute atomic E-state index is 0.00523. The van der Waals surface area contributed by atoms with Crippen LogP contribution < -0.4 is 5.73 Å². The van der Waals surface area contributed by atoms with Gasteiger partial charge in [-0.2, -0.15) is 0 Å². The fourth-order valence-corrected chi connectivity index (χ4v) is 2.25. The number of anilines is 1. The van der Waals surface area contributed by atoms with Gasteiger partial charge in [-0.25, -0.2) is 0 Å².